The van der Waals surface area contributed by atoms with Crippen molar-refractivity contribution in [3.8, 4) is 0 Å². The van der Waals surface area contributed by atoms with Gasteiger partial charge in [-0.15, -0.1) is 0 Å². The van der Waals surface area contributed by atoms with Crippen LogP contribution in [-0.4, -0.2) is 31.6 Å². The van der Waals surface area contributed by atoms with Crippen LogP contribution in [0.3, 0.4) is 0 Å². The first-order valence-corrected chi connectivity index (χ1v) is 11.8. The first-order chi connectivity index (χ1) is 12.9. The summed E-state index contributed by atoms with van der Waals surface area (Å²) in [6.07, 6.45) is 9.69. The van der Waals surface area contributed by atoms with Crippen LogP contribution < -0.4 is 0 Å². The van der Waals surface area contributed by atoms with Gasteiger partial charge in [0.25, 0.3) is 7.59 Å². The Labute approximate surface area is 195 Å². The van der Waals surface area contributed by atoms with Gasteiger partial charge in [-0.25, -0.2) is 0 Å². The van der Waals surface area contributed by atoms with Gasteiger partial charge in [-0.05, 0) is 75.0 Å². The van der Waals surface area contributed by atoms with E-state index in [1.165, 1.54) is 38.5 Å². The maximum absolute atomic E-state index is 7.47. The average molecular weight is 513 g/mol. The molecule has 0 aromatic rings. The van der Waals surface area contributed by atoms with E-state index < -0.39 is 7.59 Å². The monoisotopic (exact) mass is 510 g/mol. The van der Waals surface area contributed by atoms with Crippen molar-refractivity contribution in [1.82, 2.24) is 0 Å². The molecular weight excluding hydrogens is 489 g/mol. The molecule has 4 bridgehead atoms. The van der Waals surface area contributed by atoms with E-state index >= 15 is 0 Å². The van der Waals surface area contributed by atoms with E-state index in [1.807, 2.05) is 0 Å². The quantitative estimate of drug-likeness (QED) is 0.236. The van der Waals surface area contributed by atoms with Crippen LogP contribution in [0.2, 0.25) is 0 Å². The molecule has 0 aromatic heterocycles. The lowest BCUT2D eigenvalue weighted by atomic mass is 9.98. The largest absolute Gasteiger partial charge is 0.474 e. The second-order valence-electron chi connectivity index (χ2n) is 8.32. The van der Waals surface area contributed by atoms with Crippen molar-refractivity contribution in [2.45, 2.75) is 71.2 Å². The van der Waals surface area contributed by atoms with Crippen molar-refractivity contribution in [2.75, 3.05) is 0 Å². The Morgan fingerprint density at radius 2 is 0.964 bits per heavy atom. The van der Waals surface area contributed by atoms with Crippen molar-refractivity contribution in [1.29, 1.82) is 10.8 Å². The van der Waals surface area contributed by atoms with Gasteiger partial charge >= 0.3 is 0 Å². The Hall–Kier alpha value is 0.680. The van der Waals surface area contributed by atoms with Gasteiger partial charge in [0.2, 0.25) is 11.8 Å². The molecule has 28 heavy (non-hydrogen) atoms. The van der Waals surface area contributed by atoms with E-state index in [1.54, 1.807) is 0 Å². The summed E-state index contributed by atoms with van der Waals surface area (Å²) in [5.41, 5.74) is 0. The van der Waals surface area contributed by atoms with E-state index in [4.69, 9.17) is 89.9 Å². The van der Waals surface area contributed by atoms with Gasteiger partial charge in [0.05, 0.1) is 0 Å². The third-order valence-electron chi connectivity index (χ3n) is 6.40. The lowest BCUT2D eigenvalue weighted by Gasteiger charge is -2.25. The molecule has 4 saturated carbocycles. The maximum Gasteiger partial charge on any atom is 0.265 e. The maximum atomic E-state index is 7.47. The van der Waals surface area contributed by atoms with Gasteiger partial charge in [0.1, 0.15) is 12.2 Å². The molecule has 6 atom stereocenters. The molecular formula is C18H24Cl6N2O2. The van der Waals surface area contributed by atoms with Gasteiger partial charge in [-0.2, -0.15) is 0 Å². The zero-order chi connectivity index (χ0) is 20.7. The fourth-order valence-electron chi connectivity index (χ4n) is 5.10. The van der Waals surface area contributed by atoms with Crippen molar-refractivity contribution in [2.24, 2.45) is 23.7 Å². The second kappa shape index (κ2) is 9.04. The predicted molar refractivity (Wildman–Crippen MR) is 117 cm³/mol. The van der Waals surface area contributed by atoms with Gasteiger partial charge < -0.3 is 9.47 Å². The summed E-state index contributed by atoms with van der Waals surface area (Å²) in [6.45, 7) is 0. The number of halogens is 6. The normalized spacial score (nSPS) is 36.1. The van der Waals surface area contributed by atoms with E-state index in [-0.39, 0.29) is 24.0 Å². The SMILES string of the molecule is N=C(O[C@@H]1C[C@H]2CC[C@@H]1C2)C(Cl)(Cl)Cl.N=C(O[C@H]1C[C@@H]2CC[C@H]1C2)C(Cl)(Cl)Cl. The molecule has 0 unspecified atom stereocenters. The summed E-state index contributed by atoms with van der Waals surface area (Å²) in [4.78, 5) is 0. The number of hydrogen-bond donors (Lipinski definition) is 2. The standard InChI is InChI=1S/2C9H12Cl3NO/c2*10-9(11,12)8(13)14-7-4-5-1-2-6(7)3-5/h2*5-7,13H,1-4H2/t2*5-,6+,7+/m10/s1. The number of alkyl halides is 6. The smallest absolute Gasteiger partial charge is 0.265 e. The molecule has 4 aliphatic carbocycles. The summed E-state index contributed by atoms with van der Waals surface area (Å²) in [5.74, 6) is 2.22. The zero-order valence-electron chi connectivity index (χ0n) is 15.2. The predicted octanol–water partition coefficient (Wildman–Crippen LogP) is 7.08. The Balaban J connectivity index is 0.000000161. The Kier molecular flexibility index (Phi) is 7.54. The first kappa shape index (κ1) is 23.3. The van der Waals surface area contributed by atoms with Crippen LogP contribution in [0.15, 0.2) is 0 Å². The minimum Gasteiger partial charge on any atom is -0.474 e. The minimum atomic E-state index is -1.71. The second-order valence-corrected chi connectivity index (χ2v) is 12.9. The Morgan fingerprint density at radius 1 is 0.607 bits per heavy atom. The summed E-state index contributed by atoms with van der Waals surface area (Å²) < 4.78 is 7.38. The van der Waals surface area contributed by atoms with E-state index in [2.05, 4.69) is 0 Å². The molecule has 0 saturated heterocycles. The fraction of sp³-hybridized carbons (Fsp3) is 0.889. The third kappa shape index (κ3) is 5.88. The molecule has 0 spiro atoms. The van der Waals surface area contributed by atoms with Crippen molar-refractivity contribution < 1.29 is 9.47 Å². The topological polar surface area (TPSA) is 66.2 Å². The van der Waals surface area contributed by atoms with E-state index in [9.17, 15) is 0 Å². The summed E-state index contributed by atoms with van der Waals surface area (Å²) in [6, 6.07) is 0. The number of nitrogens with one attached hydrogen (secondary N) is 2. The molecule has 0 amide bonds. The van der Waals surface area contributed by atoms with Gasteiger partial charge in [-0.3, -0.25) is 10.8 Å². The van der Waals surface area contributed by atoms with Gasteiger partial charge in [0.15, 0.2) is 0 Å². The van der Waals surface area contributed by atoms with Crippen LogP contribution in [0.4, 0.5) is 0 Å². The molecule has 0 aromatic carbocycles. The Bertz CT molecular complexity index is 554. The van der Waals surface area contributed by atoms with Crippen LogP contribution >= 0.6 is 69.6 Å². The average Bonchev–Trinajstić information content (AvgIpc) is 3.35. The molecule has 0 aliphatic heterocycles. The third-order valence-corrected chi connectivity index (χ3v) is 7.43. The molecule has 160 valence electrons. The number of hydrogen-bond acceptors (Lipinski definition) is 4. The zero-order valence-corrected chi connectivity index (χ0v) is 19.7. The van der Waals surface area contributed by atoms with E-state index in [0.717, 1.165) is 24.7 Å². The molecule has 4 fully saturated rings. The highest BCUT2D eigenvalue weighted by molar-refractivity contribution is 6.76. The highest BCUT2D eigenvalue weighted by atomic mass is 35.6. The fourth-order valence-corrected chi connectivity index (χ4v) is 5.37. The van der Waals surface area contributed by atoms with E-state index in [0.29, 0.717) is 11.8 Å². The molecule has 2 N–H and O–H groups in total. The molecule has 0 heterocycles. The van der Waals surface area contributed by atoms with Crippen LogP contribution in [0.1, 0.15) is 51.4 Å². The van der Waals surface area contributed by atoms with Crippen LogP contribution in [0, 0.1) is 34.5 Å². The first-order valence-electron chi connectivity index (χ1n) is 9.58. The van der Waals surface area contributed by atoms with Crippen LogP contribution in [0.5, 0.6) is 0 Å². The minimum absolute atomic E-state index is 0.108. The lowest BCUT2D eigenvalue weighted by molar-refractivity contribution is 0.122. The number of fused-ring (bicyclic) bond motifs is 4. The number of ether oxygens (including phenoxy) is 2. The van der Waals surface area contributed by atoms with Crippen LogP contribution in [0.25, 0.3) is 0 Å². The van der Waals surface area contributed by atoms with Gasteiger partial charge in [0, 0.05) is 0 Å². The molecule has 10 heteroatoms. The molecule has 0 radical (unpaired) electrons. The Morgan fingerprint density at radius 3 is 1.18 bits per heavy atom. The highest BCUT2D eigenvalue weighted by Crippen LogP contribution is 2.47. The highest BCUT2D eigenvalue weighted by Gasteiger charge is 2.44. The van der Waals surface area contributed by atoms with Crippen molar-refractivity contribution >= 4 is 81.4 Å². The molecule has 4 nitrogen and oxygen atoms in total. The summed E-state index contributed by atoms with van der Waals surface area (Å²) >= 11 is 33.3. The van der Waals surface area contributed by atoms with Crippen molar-refractivity contribution in [3.63, 3.8) is 0 Å². The molecule has 4 rings (SSSR count). The summed E-state index contributed by atoms with van der Waals surface area (Å²) in [7, 11) is 0. The number of rotatable bonds is 2. The summed E-state index contributed by atoms with van der Waals surface area (Å²) in [5, 5.41) is 14.9. The van der Waals surface area contributed by atoms with Crippen molar-refractivity contribution in [3.05, 3.63) is 0 Å². The lowest BCUT2D eigenvalue weighted by Crippen LogP contribution is -2.30. The van der Waals surface area contributed by atoms with Crippen LogP contribution in [-0.2, 0) is 9.47 Å². The molecule has 4 aliphatic rings. The van der Waals surface area contributed by atoms with Gasteiger partial charge in [-0.1, -0.05) is 69.6 Å².